The Bertz CT molecular complexity index is 1830. The first-order valence-electron chi connectivity index (χ1n) is 25.6. The van der Waals surface area contributed by atoms with Crippen molar-refractivity contribution in [3.05, 3.63) is 72.9 Å². The lowest BCUT2D eigenvalue weighted by Crippen LogP contribution is -2.56. The molecule has 0 spiro atoms. The molecule has 2 rings (SSSR count). The number of carbonyl (C=O) groups is 3. The highest BCUT2D eigenvalue weighted by atomic mass is 31.2. The minimum atomic E-state index is -5.80. The zero-order valence-electron chi connectivity index (χ0n) is 42.0. The van der Waals surface area contributed by atoms with Crippen molar-refractivity contribution in [3.63, 3.8) is 0 Å². The number of ketones is 1. The van der Waals surface area contributed by atoms with Gasteiger partial charge in [-0.25, -0.2) is 9.13 Å². The second-order valence-corrected chi connectivity index (χ2v) is 20.9. The van der Waals surface area contributed by atoms with Crippen molar-refractivity contribution < 1.29 is 91.9 Å². The number of phosphoric acid groups is 2. The fourth-order valence-electron chi connectivity index (χ4n) is 8.15. The molecule has 1 aliphatic carbocycles. The van der Waals surface area contributed by atoms with Crippen LogP contribution in [-0.4, -0.2) is 131 Å². The molecule has 2 aliphatic rings. The van der Waals surface area contributed by atoms with Crippen molar-refractivity contribution in [1.82, 2.24) is 0 Å². The maximum Gasteiger partial charge on any atom is 0.472 e. The van der Waals surface area contributed by atoms with E-state index in [0.29, 0.717) is 38.5 Å². The number of hydrogen-bond acceptors (Lipinski definition) is 16. The number of rotatable bonds is 24. The van der Waals surface area contributed by atoms with Gasteiger partial charge in [0, 0.05) is 25.2 Å². The van der Waals surface area contributed by atoms with Crippen molar-refractivity contribution in [1.29, 1.82) is 0 Å². The van der Waals surface area contributed by atoms with E-state index < -0.39 is 120 Å². The third-order valence-electron chi connectivity index (χ3n) is 12.2. The van der Waals surface area contributed by atoms with Crippen molar-refractivity contribution in [2.75, 3.05) is 13.2 Å². The van der Waals surface area contributed by atoms with Crippen LogP contribution in [0.5, 0.6) is 0 Å². The van der Waals surface area contributed by atoms with Gasteiger partial charge in [0.1, 0.15) is 36.8 Å². The van der Waals surface area contributed by atoms with Crippen LogP contribution in [0.3, 0.4) is 0 Å². The summed E-state index contributed by atoms with van der Waals surface area (Å²) in [5, 5.41) is 68.2. The number of aliphatic hydroxyl groups is 6. The lowest BCUT2D eigenvalue weighted by atomic mass is 9.82. The molecule has 19 nitrogen and oxygen atoms in total. The molecule has 1 saturated heterocycles. The third kappa shape index (κ3) is 28.1. The third-order valence-corrected chi connectivity index (χ3v) is 13.7. The van der Waals surface area contributed by atoms with Crippen LogP contribution >= 0.6 is 15.6 Å². The van der Waals surface area contributed by atoms with E-state index in [-0.39, 0.29) is 32.1 Å². The molecule has 12 atom stereocenters. The van der Waals surface area contributed by atoms with E-state index in [1.54, 1.807) is 0 Å². The largest absolute Gasteiger partial charge is 0.472 e. The zero-order chi connectivity index (χ0) is 53.4. The molecule has 2 fully saturated rings. The number of esters is 2. The SMILES string of the molecule is CC/C=C\C/C=C\C/C=C\C/C=C\C/C=C\CCCCCC(=O)O[C@@H]1COC(=O)CCCCCC[C@@H]2[C@@H](O)[C@H](O)[C@@H](O)[C@H](OP(=O)(O)OC1)[C@H](OP(=O)(O)O)[C@H](O)[C@@H](/C=C/[C@@H](O)CCCCC)C(=O)C[C@@H]2O. The van der Waals surface area contributed by atoms with Crippen LogP contribution in [0.15, 0.2) is 72.9 Å². The summed E-state index contributed by atoms with van der Waals surface area (Å²) < 4.78 is 52.2. The topological polar surface area (TPSA) is 314 Å². The number of aliphatic hydroxyl groups excluding tert-OH is 6. The maximum atomic E-state index is 14.0. The number of ether oxygens (including phenoxy) is 2. The van der Waals surface area contributed by atoms with Gasteiger partial charge in [0.05, 0.1) is 36.9 Å². The summed E-state index contributed by atoms with van der Waals surface area (Å²) in [5.41, 5.74) is 0. The molecule has 0 aromatic heterocycles. The van der Waals surface area contributed by atoms with Crippen LogP contribution in [0.1, 0.15) is 149 Å². The number of phosphoric ester groups is 2. The maximum absolute atomic E-state index is 14.0. The van der Waals surface area contributed by atoms with E-state index in [1.165, 1.54) is 0 Å². The summed E-state index contributed by atoms with van der Waals surface area (Å²) in [5.74, 6) is -5.70. The van der Waals surface area contributed by atoms with E-state index in [4.69, 9.17) is 23.0 Å². The number of hydrogen-bond donors (Lipinski definition) is 9. The van der Waals surface area contributed by atoms with E-state index >= 15 is 0 Å². The molecule has 2 bridgehead atoms. The summed E-state index contributed by atoms with van der Waals surface area (Å²) in [7, 11) is -11.5. The smallest absolute Gasteiger partial charge is 0.462 e. The van der Waals surface area contributed by atoms with Crippen LogP contribution in [0, 0.1) is 11.8 Å². The normalized spacial score (nSPS) is 30.1. The number of cyclic esters (lactones) is 1. The molecule has 0 amide bonds. The van der Waals surface area contributed by atoms with E-state index in [1.807, 2.05) is 6.92 Å². The molecule has 21 heteroatoms. The van der Waals surface area contributed by atoms with Gasteiger partial charge in [0.2, 0.25) is 0 Å². The van der Waals surface area contributed by atoms with Crippen LogP contribution < -0.4 is 0 Å². The van der Waals surface area contributed by atoms with Crippen molar-refractivity contribution >= 4 is 33.4 Å². The van der Waals surface area contributed by atoms with E-state index in [9.17, 15) is 68.8 Å². The van der Waals surface area contributed by atoms with Crippen LogP contribution in [0.25, 0.3) is 0 Å². The molecule has 9 N–H and O–H groups in total. The monoisotopic (exact) mass is 1060 g/mol. The quantitative estimate of drug-likeness (QED) is 0.0204. The van der Waals surface area contributed by atoms with E-state index in [0.717, 1.165) is 69.9 Å². The Morgan fingerprint density at radius 1 is 0.778 bits per heavy atom. The number of Topliss-reactive ketones (excluding diaryl/α,β-unsaturated/α-hetero) is 1. The van der Waals surface area contributed by atoms with Gasteiger partial charge < -0.3 is 54.8 Å². The Morgan fingerprint density at radius 3 is 2.03 bits per heavy atom. The van der Waals surface area contributed by atoms with Crippen LogP contribution in [-0.2, 0) is 46.6 Å². The van der Waals surface area contributed by atoms with Gasteiger partial charge in [-0.05, 0) is 70.6 Å². The highest BCUT2D eigenvalue weighted by Crippen LogP contribution is 2.49. The molecule has 1 heterocycles. The minimum absolute atomic E-state index is 0.0672. The van der Waals surface area contributed by atoms with Crippen molar-refractivity contribution in [2.45, 2.75) is 204 Å². The summed E-state index contributed by atoms with van der Waals surface area (Å²) >= 11 is 0. The Kier molecular flexibility index (Phi) is 33.4. The molecular formula is C51H84O19P2. The number of carbonyl (C=O) groups excluding carboxylic acids is 3. The molecule has 1 saturated carbocycles. The van der Waals surface area contributed by atoms with Gasteiger partial charge in [0.25, 0.3) is 0 Å². The molecule has 1 aliphatic heterocycles. The summed E-state index contributed by atoms with van der Waals surface area (Å²) in [4.78, 5) is 70.8. The van der Waals surface area contributed by atoms with Crippen molar-refractivity contribution in [2.24, 2.45) is 11.8 Å². The average molecular weight is 1060 g/mol. The van der Waals surface area contributed by atoms with Gasteiger partial charge in [-0.15, -0.1) is 0 Å². The number of fused-ring (bicyclic) bond motifs is 4. The number of unbranched alkanes of at least 4 members (excludes halogenated alkanes) is 5. The average Bonchev–Trinajstić information content (AvgIpc) is 3.32. The standard InChI is InChI=1S/C51H84O19P2/c1-3-5-7-8-9-10-11-12-13-14-15-16-17-18-19-20-21-22-28-32-45(56)68-39-36-66-44(55)31-27-24-23-26-30-40-42(53)35-43(54)41(34-33-38(52)29-25-6-4-2)47(58)50(69-71(61,62)63)51(49(60)48(59)46(40)57)70-72(64,65)67-37-39/h5,7,9-10,12-13,15-16,18-19,33-34,38-42,46-53,57-60H,3-4,6,8,11,14,17,20-32,35-37H2,1-2H3,(H,64,65)(H2,61,62,63)/b7-5-,10-9-,13-12-,16-15-,19-18-,34-33+/t38-,39+,40-,41-,42-,46+,47+,48-,49+,50+,51-/m0/s1. The molecule has 0 aromatic rings. The van der Waals surface area contributed by atoms with Crippen LogP contribution in [0.4, 0.5) is 0 Å². The number of allylic oxidation sites excluding steroid dienone is 10. The van der Waals surface area contributed by atoms with Gasteiger partial charge in [0.15, 0.2) is 6.10 Å². The van der Waals surface area contributed by atoms with Gasteiger partial charge >= 0.3 is 27.6 Å². The molecule has 0 radical (unpaired) electrons. The highest BCUT2D eigenvalue weighted by Gasteiger charge is 2.51. The second kappa shape index (κ2) is 36.9. The molecule has 72 heavy (non-hydrogen) atoms. The van der Waals surface area contributed by atoms with Gasteiger partial charge in [-0.2, -0.15) is 0 Å². The zero-order valence-corrected chi connectivity index (χ0v) is 43.8. The lowest BCUT2D eigenvalue weighted by molar-refractivity contribution is -0.165. The highest BCUT2D eigenvalue weighted by molar-refractivity contribution is 7.47. The first-order valence-corrected chi connectivity index (χ1v) is 28.6. The molecule has 0 aromatic carbocycles. The Morgan fingerprint density at radius 2 is 1.40 bits per heavy atom. The Labute approximate surface area is 425 Å². The first-order chi connectivity index (χ1) is 34.3. The molecule has 1 unspecified atom stereocenters. The minimum Gasteiger partial charge on any atom is -0.462 e. The van der Waals surface area contributed by atoms with Gasteiger partial charge in [-0.3, -0.25) is 28.0 Å². The van der Waals surface area contributed by atoms with Crippen LogP contribution in [0.2, 0.25) is 0 Å². The van der Waals surface area contributed by atoms with Crippen molar-refractivity contribution in [3.8, 4) is 0 Å². The second-order valence-electron chi connectivity index (χ2n) is 18.3. The van der Waals surface area contributed by atoms with E-state index in [2.05, 4.69) is 67.7 Å². The Balaban J connectivity index is 2.27. The first kappa shape index (κ1) is 65.1. The fourth-order valence-corrected chi connectivity index (χ4v) is 9.68. The summed E-state index contributed by atoms with van der Waals surface area (Å²) in [6.45, 7) is 2.43. The summed E-state index contributed by atoms with van der Waals surface area (Å²) in [6.07, 6.45) is 13.8. The lowest BCUT2D eigenvalue weighted by Gasteiger charge is -2.38. The fraction of sp³-hybridized carbons (Fsp3) is 0.706. The molecule has 412 valence electrons. The Hall–Kier alpha value is -2.97. The predicted octanol–water partition coefficient (Wildman–Crippen LogP) is 6.98. The van der Waals surface area contributed by atoms with Gasteiger partial charge in [-0.1, -0.05) is 132 Å². The summed E-state index contributed by atoms with van der Waals surface area (Å²) in [6, 6.07) is 0. The predicted molar refractivity (Wildman–Crippen MR) is 270 cm³/mol. The molecular weight excluding hydrogens is 978 g/mol.